The molecule has 1 aliphatic rings. The first-order valence-electron chi connectivity index (χ1n) is 9.82. The fourth-order valence-corrected chi connectivity index (χ4v) is 3.32. The summed E-state index contributed by atoms with van der Waals surface area (Å²) in [4.78, 5) is 39.2. The molecule has 1 aromatic carbocycles. The van der Waals surface area contributed by atoms with Gasteiger partial charge in [-0.3, -0.25) is 14.4 Å². The fraction of sp³-hybridized carbons (Fsp3) is 0.571. The minimum atomic E-state index is -0.619. The summed E-state index contributed by atoms with van der Waals surface area (Å²) < 4.78 is 4.91. The van der Waals surface area contributed by atoms with Gasteiger partial charge in [-0.05, 0) is 36.8 Å². The van der Waals surface area contributed by atoms with Gasteiger partial charge in [0.1, 0.15) is 12.6 Å². The number of amides is 3. The van der Waals surface area contributed by atoms with Crippen LogP contribution in [0.15, 0.2) is 30.3 Å². The van der Waals surface area contributed by atoms with E-state index in [0.29, 0.717) is 44.0 Å². The van der Waals surface area contributed by atoms with Crippen molar-refractivity contribution in [3.05, 3.63) is 35.9 Å². The summed E-state index contributed by atoms with van der Waals surface area (Å²) in [5.41, 5.74) is 0.525. The Bertz CT molecular complexity index is 655. The highest BCUT2D eigenvalue weighted by molar-refractivity contribution is 5.97. The van der Waals surface area contributed by atoms with Gasteiger partial charge in [0.05, 0.1) is 0 Å². The van der Waals surface area contributed by atoms with Crippen molar-refractivity contribution in [3.8, 4) is 0 Å². The van der Waals surface area contributed by atoms with E-state index >= 15 is 0 Å². The van der Waals surface area contributed by atoms with Crippen LogP contribution in [0, 0.1) is 11.8 Å². The molecule has 1 saturated heterocycles. The molecule has 7 nitrogen and oxygen atoms in total. The van der Waals surface area contributed by atoms with Gasteiger partial charge in [-0.2, -0.15) is 0 Å². The van der Waals surface area contributed by atoms with Crippen LogP contribution in [0.4, 0.5) is 0 Å². The molecule has 0 saturated carbocycles. The maximum absolute atomic E-state index is 12.8. The van der Waals surface area contributed by atoms with Gasteiger partial charge in [0.2, 0.25) is 11.8 Å². The van der Waals surface area contributed by atoms with Crippen LogP contribution < -0.4 is 10.6 Å². The van der Waals surface area contributed by atoms with Crippen LogP contribution >= 0.6 is 0 Å². The number of carbonyl (C=O) groups is 3. The fourth-order valence-electron chi connectivity index (χ4n) is 3.32. The first kappa shape index (κ1) is 21.9. The second kappa shape index (κ2) is 10.8. The maximum Gasteiger partial charge on any atom is 0.251 e. The van der Waals surface area contributed by atoms with Crippen molar-refractivity contribution in [2.45, 2.75) is 32.7 Å². The van der Waals surface area contributed by atoms with Crippen molar-refractivity contribution in [1.29, 1.82) is 0 Å². The zero-order chi connectivity index (χ0) is 20.5. The molecule has 1 heterocycles. The van der Waals surface area contributed by atoms with E-state index in [1.165, 1.54) is 7.11 Å². The minimum Gasteiger partial charge on any atom is -0.375 e. The highest BCUT2D eigenvalue weighted by atomic mass is 16.5. The molecule has 28 heavy (non-hydrogen) atoms. The summed E-state index contributed by atoms with van der Waals surface area (Å²) in [6.45, 7) is 5.79. The first-order valence-corrected chi connectivity index (χ1v) is 9.82. The van der Waals surface area contributed by atoms with Gasteiger partial charge >= 0.3 is 0 Å². The molecule has 0 aromatic heterocycles. The molecule has 154 valence electrons. The predicted octanol–water partition coefficient (Wildman–Crippen LogP) is 1.44. The van der Waals surface area contributed by atoms with Crippen LogP contribution in [0.2, 0.25) is 0 Å². The second-order valence-electron chi connectivity index (χ2n) is 7.61. The Balaban J connectivity index is 2.05. The lowest BCUT2D eigenvalue weighted by atomic mass is 9.88. The van der Waals surface area contributed by atoms with Crippen molar-refractivity contribution >= 4 is 17.7 Å². The molecule has 2 rings (SSSR count). The lowest BCUT2D eigenvalue weighted by molar-refractivity contribution is -0.136. The molecule has 0 bridgehead atoms. The molecule has 1 atom stereocenters. The van der Waals surface area contributed by atoms with Gasteiger partial charge < -0.3 is 20.3 Å². The zero-order valence-electron chi connectivity index (χ0n) is 16.9. The predicted molar refractivity (Wildman–Crippen MR) is 107 cm³/mol. The van der Waals surface area contributed by atoms with Crippen molar-refractivity contribution < 1.29 is 19.1 Å². The van der Waals surface area contributed by atoms with E-state index in [2.05, 4.69) is 10.6 Å². The number of benzene rings is 1. The SMILES string of the molecule is COCC(=O)N1CCC([C@H](NC(=O)c2ccccc2)C(=O)NCC(C)C)CC1. The first-order chi connectivity index (χ1) is 13.4. The van der Waals surface area contributed by atoms with Crippen molar-refractivity contribution in [1.82, 2.24) is 15.5 Å². The number of piperidine rings is 1. The van der Waals surface area contributed by atoms with E-state index in [-0.39, 0.29) is 30.2 Å². The van der Waals surface area contributed by atoms with E-state index in [9.17, 15) is 14.4 Å². The molecule has 7 heteroatoms. The number of nitrogens with one attached hydrogen (secondary N) is 2. The molecule has 0 radical (unpaired) electrons. The molecule has 0 spiro atoms. The summed E-state index contributed by atoms with van der Waals surface area (Å²) in [6, 6.07) is 8.27. The second-order valence-corrected chi connectivity index (χ2v) is 7.61. The normalized spacial score (nSPS) is 15.9. The van der Waals surface area contributed by atoms with Crippen LogP contribution in [0.25, 0.3) is 0 Å². The molecule has 1 aliphatic heterocycles. The van der Waals surface area contributed by atoms with Crippen LogP contribution in [0.3, 0.4) is 0 Å². The van der Waals surface area contributed by atoms with Gasteiger partial charge in [0, 0.05) is 32.3 Å². The highest BCUT2D eigenvalue weighted by Crippen LogP contribution is 2.22. The molecule has 0 aliphatic carbocycles. The molecular formula is C21H31N3O4. The Kier molecular flexibility index (Phi) is 8.44. The number of nitrogens with zero attached hydrogens (tertiary/aromatic N) is 1. The molecule has 0 unspecified atom stereocenters. The van der Waals surface area contributed by atoms with Crippen LogP contribution in [-0.4, -0.2) is 62.0 Å². The van der Waals surface area contributed by atoms with E-state index in [0.717, 1.165) is 0 Å². The monoisotopic (exact) mass is 389 g/mol. The topological polar surface area (TPSA) is 87.7 Å². The van der Waals surface area contributed by atoms with Gasteiger partial charge in [-0.25, -0.2) is 0 Å². The average Bonchev–Trinajstić information content (AvgIpc) is 2.71. The highest BCUT2D eigenvalue weighted by Gasteiger charge is 2.33. The van der Waals surface area contributed by atoms with E-state index < -0.39 is 6.04 Å². The van der Waals surface area contributed by atoms with Crippen LogP contribution in [-0.2, 0) is 14.3 Å². The van der Waals surface area contributed by atoms with Crippen LogP contribution in [0.5, 0.6) is 0 Å². The third kappa shape index (κ3) is 6.34. The number of hydrogen-bond acceptors (Lipinski definition) is 4. The zero-order valence-corrected chi connectivity index (χ0v) is 16.9. The summed E-state index contributed by atoms with van der Waals surface area (Å²) in [7, 11) is 1.50. The maximum atomic E-state index is 12.8. The number of hydrogen-bond donors (Lipinski definition) is 2. The smallest absolute Gasteiger partial charge is 0.251 e. The summed E-state index contributed by atoms with van der Waals surface area (Å²) in [6.07, 6.45) is 1.31. The number of ether oxygens (including phenoxy) is 1. The van der Waals surface area contributed by atoms with E-state index in [1.807, 2.05) is 19.9 Å². The molecule has 2 N–H and O–H groups in total. The standard InChI is InChI=1S/C21H31N3O4/c1-15(2)13-22-21(27)19(23-20(26)17-7-5-4-6-8-17)16-9-11-24(12-10-16)18(25)14-28-3/h4-8,15-16,19H,9-14H2,1-3H3,(H,22,27)(H,23,26)/t19-/m0/s1. The number of likely N-dealkylation sites (tertiary alicyclic amines) is 1. The molecule has 1 aromatic rings. The van der Waals surface area contributed by atoms with Crippen molar-refractivity contribution in [2.75, 3.05) is 33.4 Å². The van der Waals surface area contributed by atoms with Gasteiger partial charge in [0.25, 0.3) is 5.91 Å². The lowest BCUT2D eigenvalue weighted by Gasteiger charge is -2.35. The number of methoxy groups -OCH3 is 1. The Morgan fingerprint density at radius 3 is 2.36 bits per heavy atom. The summed E-state index contributed by atoms with van der Waals surface area (Å²) in [5.74, 6) is -0.174. The lowest BCUT2D eigenvalue weighted by Crippen LogP contribution is -2.54. The van der Waals surface area contributed by atoms with Gasteiger partial charge in [-0.15, -0.1) is 0 Å². The van der Waals surface area contributed by atoms with E-state index in [1.54, 1.807) is 29.2 Å². The van der Waals surface area contributed by atoms with Crippen molar-refractivity contribution in [3.63, 3.8) is 0 Å². The summed E-state index contributed by atoms with van der Waals surface area (Å²) in [5, 5.41) is 5.85. The molecule has 1 fully saturated rings. The Hall–Kier alpha value is -2.41. The summed E-state index contributed by atoms with van der Waals surface area (Å²) >= 11 is 0. The molecule has 3 amide bonds. The number of carbonyl (C=O) groups excluding carboxylic acids is 3. The Morgan fingerprint density at radius 1 is 1.14 bits per heavy atom. The average molecular weight is 389 g/mol. The largest absolute Gasteiger partial charge is 0.375 e. The minimum absolute atomic E-state index is 0.0218. The molecular weight excluding hydrogens is 358 g/mol. The van der Waals surface area contributed by atoms with Crippen molar-refractivity contribution in [2.24, 2.45) is 11.8 Å². The quantitative estimate of drug-likeness (QED) is 0.704. The third-order valence-electron chi connectivity index (χ3n) is 4.92. The van der Waals surface area contributed by atoms with Crippen LogP contribution in [0.1, 0.15) is 37.0 Å². The van der Waals surface area contributed by atoms with Gasteiger partial charge in [-0.1, -0.05) is 32.0 Å². The number of rotatable bonds is 8. The van der Waals surface area contributed by atoms with Gasteiger partial charge in [0.15, 0.2) is 0 Å². The Morgan fingerprint density at radius 2 is 1.79 bits per heavy atom. The third-order valence-corrected chi connectivity index (χ3v) is 4.92. The van der Waals surface area contributed by atoms with E-state index in [4.69, 9.17) is 4.74 Å². The Labute approximate surface area is 166 Å².